The first kappa shape index (κ1) is 17.5. The third kappa shape index (κ3) is 5.04. The number of carbonyl (C=O) groups excluding carboxylic acids is 1. The normalized spacial score (nSPS) is 12.7. The molecule has 1 atom stereocenters. The minimum atomic E-state index is -3.53. The lowest BCUT2D eigenvalue weighted by Gasteiger charge is -2.30. The van der Waals surface area contributed by atoms with Crippen molar-refractivity contribution >= 4 is 21.6 Å². The predicted octanol–water partition coefficient (Wildman–Crippen LogP) is 2.15. The number of rotatable bonds is 8. The van der Waals surface area contributed by atoms with Gasteiger partial charge in [0.25, 0.3) is 0 Å². The molecule has 1 aromatic rings. The quantitative estimate of drug-likeness (QED) is 0.748. The van der Waals surface area contributed by atoms with Crippen molar-refractivity contribution in [1.82, 2.24) is 5.32 Å². The Morgan fingerprint density at radius 3 is 2.33 bits per heavy atom. The van der Waals surface area contributed by atoms with Gasteiger partial charge in [-0.3, -0.25) is 9.10 Å². The van der Waals surface area contributed by atoms with Crippen LogP contribution in [0.2, 0.25) is 0 Å². The third-order valence-corrected chi connectivity index (χ3v) is 4.35. The molecule has 0 unspecified atom stereocenters. The van der Waals surface area contributed by atoms with Gasteiger partial charge < -0.3 is 5.32 Å². The summed E-state index contributed by atoms with van der Waals surface area (Å²) in [5.41, 5.74) is 0.512. The lowest BCUT2D eigenvalue weighted by atomic mass is 10.2. The number of anilines is 1. The van der Waals surface area contributed by atoms with Gasteiger partial charge in [0.1, 0.15) is 6.04 Å². The summed E-state index contributed by atoms with van der Waals surface area (Å²) in [6.45, 7) is 4.42. The number of benzene rings is 1. The van der Waals surface area contributed by atoms with E-state index in [9.17, 15) is 13.2 Å². The van der Waals surface area contributed by atoms with Gasteiger partial charge in [0, 0.05) is 6.54 Å². The predicted molar refractivity (Wildman–Crippen MR) is 85.8 cm³/mol. The van der Waals surface area contributed by atoms with E-state index < -0.39 is 16.1 Å². The summed E-state index contributed by atoms with van der Waals surface area (Å²) < 4.78 is 25.4. The maximum Gasteiger partial charge on any atom is 0.243 e. The highest BCUT2D eigenvalue weighted by molar-refractivity contribution is 7.92. The molecule has 1 rings (SSSR count). The zero-order valence-electron chi connectivity index (χ0n) is 12.9. The van der Waals surface area contributed by atoms with Gasteiger partial charge in [-0.1, -0.05) is 38.5 Å². The molecule has 0 aliphatic carbocycles. The highest BCUT2D eigenvalue weighted by atomic mass is 32.2. The van der Waals surface area contributed by atoms with Crippen molar-refractivity contribution in [3.8, 4) is 0 Å². The Morgan fingerprint density at radius 2 is 1.86 bits per heavy atom. The second kappa shape index (κ2) is 8.02. The van der Waals surface area contributed by atoms with Crippen molar-refractivity contribution in [3.05, 3.63) is 30.3 Å². The molecule has 0 fully saturated rings. The molecular formula is C15H24N2O3S. The van der Waals surface area contributed by atoms with Crippen LogP contribution in [0.3, 0.4) is 0 Å². The molecule has 0 bridgehead atoms. The second-order valence-corrected chi connectivity index (χ2v) is 6.82. The summed E-state index contributed by atoms with van der Waals surface area (Å²) in [5, 5.41) is 2.81. The van der Waals surface area contributed by atoms with Gasteiger partial charge >= 0.3 is 0 Å². The molecule has 1 aromatic carbocycles. The SMILES string of the molecule is CCCCNC(=O)[C@H](CC)N(c1ccccc1)S(C)(=O)=O. The lowest BCUT2D eigenvalue weighted by Crippen LogP contribution is -2.49. The van der Waals surface area contributed by atoms with Gasteiger partial charge in [-0.15, -0.1) is 0 Å². The minimum absolute atomic E-state index is 0.250. The fraction of sp³-hybridized carbons (Fsp3) is 0.533. The first-order valence-electron chi connectivity index (χ1n) is 7.24. The van der Waals surface area contributed by atoms with E-state index in [0.717, 1.165) is 19.1 Å². The molecule has 0 aromatic heterocycles. The van der Waals surface area contributed by atoms with E-state index in [-0.39, 0.29) is 5.91 Å². The highest BCUT2D eigenvalue weighted by Crippen LogP contribution is 2.21. The fourth-order valence-electron chi connectivity index (χ4n) is 2.14. The molecular weight excluding hydrogens is 288 g/mol. The standard InChI is InChI=1S/C15H24N2O3S/c1-4-6-12-16-15(18)14(5-2)17(21(3,19)20)13-10-8-7-9-11-13/h7-11,14H,4-6,12H2,1-3H3,(H,16,18)/t14-/m0/s1. The number of carbonyl (C=O) groups is 1. The molecule has 0 saturated heterocycles. The molecule has 0 aliphatic rings. The van der Waals surface area contributed by atoms with Crippen LogP contribution in [0.25, 0.3) is 0 Å². The first-order valence-corrected chi connectivity index (χ1v) is 9.08. The second-order valence-electron chi connectivity index (χ2n) is 4.96. The number of nitrogens with zero attached hydrogens (tertiary/aromatic N) is 1. The summed E-state index contributed by atoms with van der Waals surface area (Å²) in [4.78, 5) is 12.3. The van der Waals surface area contributed by atoms with Crippen LogP contribution >= 0.6 is 0 Å². The molecule has 118 valence electrons. The van der Waals surface area contributed by atoms with E-state index in [1.54, 1.807) is 24.3 Å². The van der Waals surface area contributed by atoms with Crippen molar-refractivity contribution < 1.29 is 13.2 Å². The Bertz CT molecular complexity index is 543. The van der Waals surface area contributed by atoms with Crippen LogP contribution in [0.15, 0.2) is 30.3 Å². The number of hydrogen-bond donors (Lipinski definition) is 1. The summed E-state index contributed by atoms with van der Waals surface area (Å²) in [7, 11) is -3.53. The van der Waals surface area contributed by atoms with Crippen molar-refractivity contribution in [3.63, 3.8) is 0 Å². The van der Waals surface area contributed by atoms with Crippen LogP contribution in [0, 0.1) is 0 Å². The number of unbranched alkanes of at least 4 members (excludes halogenated alkanes) is 1. The van der Waals surface area contributed by atoms with Crippen molar-refractivity contribution in [2.75, 3.05) is 17.1 Å². The van der Waals surface area contributed by atoms with Gasteiger partial charge in [-0.05, 0) is 25.0 Å². The van der Waals surface area contributed by atoms with Gasteiger partial charge in [0.2, 0.25) is 15.9 Å². The van der Waals surface area contributed by atoms with Crippen LogP contribution in [0.4, 0.5) is 5.69 Å². The van der Waals surface area contributed by atoms with Crippen molar-refractivity contribution in [2.45, 2.75) is 39.2 Å². The number of nitrogens with one attached hydrogen (secondary N) is 1. The Hall–Kier alpha value is -1.56. The molecule has 0 aliphatic heterocycles. The zero-order chi connectivity index (χ0) is 15.9. The topological polar surface area (TPSA) is 66.5 Å². The Labute approximate surface area is 127 Å². The van der Waals surface area contributed by atoms with E-state index >= 15 is 0 Å². The number of hydrogen-bond acceptors (Lipinski definition) is 3. The number of para-hydroxylation sites is 1. The average Bonchev–Trinajstić information content (AvgIpc) is 2.44. The molecule has 1 amide bonds. The fourth-order valence-corrected chi connectivity index (χ4v) is 3.35. The van der Waals surface area contributed by atoms with Crippen LogP contribution in [-0.4, -0.2) is 33.2 Å². The largest absolute Gasteiger partial charge is 0.354 e. The van der Waals surface area contributed by atoms with Gasteiger partial charge in [-0.2, -0.15) is 0 Å². The molecule has 21 heavy (non-hydrogen) atoms. The monoisotopic (exact) mass is 312 g/mol. The molecule has 0 spiro atoms. The van der Waals surface area contributed by atoms with Gasteiger partial charge in [0.05, 0.1) is 11.9 Å². The Kier molecular flexibility index (Phi) is 6.68. The lowest BCUT2D eigenvalue weighted by molar-refractivity contribution is -0.122. The smallest absolute Gasteiger partial charge is 0.243 e. The van der Waals surface area contributed by atoms with Crippen molar-refractivity contribution in [2.24, 2.45) is 0 Å². The summed E-state index contributed by atoms with van der Waals surface area (Å²) >= 11 is 0. The van der Waals surface area contributed by atoms with E-state index in [1.807, 2.05) is 19.9 Å². The average molecular weight is 312 g/mol. The van der Waals surface area contributed by atoms with E-state index in [2.05, 4.69) is 5.32 Å². The van der Waals surface area contributed by atoms with E-state index in [4.69, 9.17) is 0 Å². The molecule has 0 radical (unpaired) electrons. The van der Waals surface area contributed by atoms with E-state index in [1.165, 1.54) is 4.31 Å². The first-order chi connectivity index (χ1) is 9.91. The van der Waals surface area contributed by atoms with Crippen molar-refractivity contribution in [1.29, 1.82) is 0 Å². The van der Waals surface area contributed by atoms with Gasteiger partial charge in [-0.25, -0.2) is 8.42 Å². The summed E-state index contributed by atoms with van der Waals surface area (Å²) in [5.74, 6) is -0.250. The van der Waals surface area contributed by atoms with Crippen LogP contribution in [0.1, 0.15) is 33.1 Å². The molecule has 0 heterocycles. The molecule has 1 N–H and O–H groups in total. The van der Waals surface area contributed by atoms with Crippen LogP contribution in [0.5, 0.6) is 0 Å². The Morgan fingerprint density at radius 1 is 1.24 bits per heavy atom. The van der Waals surface area contributed by atoms with Gasteiger partial charge in [0.15, 0.2) is 0 Å². The summed E-state index contributed by atoms with van der Waals surface area (Å²) in [6.07, 6.45) is 3.40. The molecule has 6 heteroatoms. The highest BCUT2D eigenvalue weighted by Gasteiger charge is 2.30. The molecule has 0 saturated carbocycles. The van der Waals surface area contributed by atoms with Crippen LogP contribution < -0.4 is 9.62 Å². The summed E-state index contributed by atoms with van der Waals surface area (Å²) in [6, 6.07) is 8.00. The Balaban J connectivity index is 3.03. The maximum atomic E-state index is 12.3. The number of sulfonamides is 1. The zero-order valence-corrected chi connectivity index (χ0v) is 13.7. The third-order valence-electron chi connectivity index (χ3n) is 3.17. The molecule has 5 nitrogen and oxygen atoms in total. The van der Waals surface area contributed by atoms with E-state index in [0.29, 0.717) is 18.7 Å². The minimum Gasteiger partial charge on any atom is -0.354 e. The number of amides is 1. The maximum absolute atomic E-state index is 12.3. The van der Waals surface area contributed by atoms with Crippen LogP contribution in [-0.2, 0) is 14.8 Å².